The molecule has 25 heavy (non-hydrogen) atoms. The molecular formula is C19H19N3O3. The van der Waals surface area contributed by atoms with Crippen LogP contribution in [-0.2, 0) is 11.8 Å². The maximum atomic E-state index is 12.2. The molecule has 0 saturated heterocycles. The van der Waals surface area contributed by atoms with Crippen LogP contribution in [-0.4, -0.2) is 35.9 Å². The monoisotopic (exact) mass is 337 g/mol. The first-order chi connectivity index (χ1) is 12.1. The molecule has 1 aromatic heterocycles. The lowest BCUT2D eigenvalue weighted by atomic mass is 10.0. The van der Waals surface area contributed by atoms with Gasteiger partial charge in [-0.2, -0.15) is 5.10 Å². The molecule has 0 aliphatic heterocycles. The summed E-state index contributed by atoms with van der Waals surface area (Å²) in [5, 5.41) is 8.59. The van der Waals surface area contributed by atoms with Crippen LogP contribution in [0.3, 0.4) is 0 Å². The van der Waals surface area contributed by atoms with E-state index in [2.05, 4.69) is 10.4 Å². The minimum atomic E-state index is -0.151. The fourth-order valence-electron chi connectivity index (χ4n) is 2.66. The Hall–Kier alpha value is -2.99. The highest BCUT2D eigenvalue weighted by Crippen LogP contribution is 2.24. The summed E-state index contributed by atoms with van der Waals surface area (Å²) in [7, 11) is 3.22. The van der Waals surface area contributed by atoms with Crippen molar-refractivity contribution in [2.45, 2.75) is 0 Å². The van der Waals surface area contributed by atoms with Crippen LogP contribution in [0.2, 0.25) is 0 Å². The van der Waals surface area contributed by atoms with Crippen molar-refractivity contribution in [1.29, 1.82) is 0 Å². The summed E-state index contributed by atoms with van der Waals surface area (Å²) in [6, 6.07) is 14.6. The molecule has 6 heteroatoms. The normalized spacial score (nSPS) is 10.8. The summed E-state index contributed by atoms with van der Waals surface area (Å²) in [5.41, 5.74) is 1.99. The number of fused-ring (bicyclic) bond motifs is 1. The van der Waals surface area contributed by atoms with Crippen LogP contribution in [0.15, 0.2) is 53.3 Å². The van der Waals surface area contributed by atoms with Crippen LogP contribution < -0.4 is 10.9 Å². The molecule has 0 aliphatic carbocycles. The lowest BCUT2D eigenvalue weighted by Gasteiger charge is -2.09. The summed E-state index contributed by atoms with van der Waals surface area (Å²) >= 11 is 0. The summed E-state index contributed by atoms with van der Waals surface area (Å²) < 4.78 is 6.25. The Kier molecular flexibility index (Phi) is 4.90. The Bertz CT molecular complexity index is 962. The van der Waals surface area contributed by atoms with Crippen LogP contribution in [0.4, 0.5) is 0 Å². The van der Waals surface area contributed by atoms with E-state index in [1.54, 1.807) is 32.4 Å². The average Bonchev–Trinajstić information content (AvgIpc) is 2.65. The largest absolute Gasteiger partial charge is 0.383 e. The van der Waals surface area contributed by atoms with Crippen LogP contribution in [0, 0.1) is 0 Å². The molecule has 1 amide bonds. The zero-order chi connectivity index (χ0) is 17.8. The Morgan fingerprint density at radius 3 is 2.48 bits per heavy atom. The number of ether oxygens (including phenoxy) is 1. The fourth-order valence-corrected chi connectivity index (χ4v) is 2.66. The van der Waals surface area contributed by atoms with Gasteiger partial charge in [0.25, 0.3) is 11.5 Å². The zero-order valence-corrected chi connectivity index (χ0v) is 14.2. The zero-order valence-electron chi connectivity index (χ0n) is 14.2. The van der Waals surface area contributed by atoms with Crippen molar-refractivity contribution >= 4 is 16.7 Å². The van der Waals surface area contributed by atoms with Crippen LogP contribution in [0.1, 0.15) is 10.4 Å². The number of hydrogen-bond acceptors (Lipinski definition) is 4. The topological polar surface area (TPSA) is 73.2 Å². The maximum absolute atomic E-state index is 12.2. The molecular weight excluding hydrogens is 318 g/mol. The van der Waals surface area contributed by atoms with E-state index in [0.717, 1.165) is 10.9 Å². The van der Waals surface area contributed by atoms with Crippen molar-refractivity contribution < 1.29 is 9.53 Å². The smallest absolute Gasteiger partial charge is 0.274 e. The molecule has 0 spiro atoms. The van der Waals surface area contributed by atoms with E-state index in [1.807, 2.05) is 30.3 Å². The third-order valence-corrected chi connectivity index (χ3v) is 3.97. The van der Waals surface area contributed by atoms with Crippen LogP contribution in [0.25, 0.3) is 22.0 Å². The molecule has 0 fully saturated rings. The van der Waals surface area contributed by atoms with E-state index in [4.69, 9.17) is 4.74 Å². The highest BCUT2D eigenvalue weighted by atomic mass is 16.5. The van der Waals surface area contributed by atoms with Gasteiger partial charge in [-0.25, -0.2) is 4.68 Å². The Balaban J connectivity index is 1.96. The van der Waals surface area contributed by atoms with E-state index in [-0.39, 0.29) is 11.5 Å². The number of rotatable bonds is 5. The first-order valence-corrected chi connectivity index (χ1v) is 7.95. The highest BCUT2D eigenvalue weighted by molar-refractivity contribution is 5.96. The molecule has 0 saturated carbocycles. The molecule has 0 atom stereocenters. The molecule has 1 N–H and O–H groups in total. The van der Waals surface area contributed by atoms with E-state index in [1.165, 1.54) is 4.68 Å². The molecule has 6 nitrogen and oxygen atoms in total. The Labute approximate surface area is 145 Å². The first-order valence-electron chi connectivity index (χ1n) is 7.95. The number of methoxy groups -OCH3 is 1. The number of hydrogen-bond donors (Lipinski definition) is 1. The number of carbonyl (C=O) groups excluding carboxylic acids is 1. The standard InChI is InChI=1S/C19H19N3O3/c1-22-19(24)16-6-4-3-5-15(16)17(21-22)13-7-9-14(10-8-13)18(23)20-11-12-25-2/h3-10H,11-12H2,1-2H3,(H,20,23). The summed E-state index contributed by atoms with van der Waals surface area (Å²) in [6.07, 6.45) is 0. The van der Waals surface area contributed by atoms with Gasteiger partial charge in [0.15, 0.2) is 0 Å². The van der Waals surface area contributed by atoms with Crippen molar-refractivity contribution in [3.63, 3.8) is 0 Å². The number of carbonyl (C=O) groups is 1. The van der Waals surface area contributed by atoms with E-state index < -0.39 is 0 Å². The van der Waals surface area contributed by atoms with Crippen molar-refractivity contribution in [3.8, 4) is 11.3 Å². The summed E-state index contributed by atoms with van der Waals surface area (Å²) in [5.74, 6) is -0.151. The summed E-state index contributed by atoms with van der Waals surface area (Å²) in [6.45, 7) is 0.932. The SMILES string of the molecule is COCCNC(=O)c1ccc(-c2nn(C)c(=O)c3ccccc23)cc1. The van der Waals surface area contributed by atoms with Crippen molar-refractivity contribution in [2.75, 3.05) is 20.3 Å². The van der Waals surface area contributed by atoms with Gasteiger partial charge >= 0.3 is 0 Å². The number of benzene rings is 2. The lowest BCUT2D eigenvalue weighted by molar-refractivity contribution is 0.0937. The molecule has 0 aliphatic rings. The number of nitrogens with zero attached hydrogens (tertiary/aromatic N) is 2. The molecule has 128 valence electrons. The Morgan fingerprint density at radius 1 is 1.12 bits per heavy atom. The third-order valence-electron chi connectivity index (χ3n) is 3.97. The Morgan fingerprint density at radius 2 is 1.80 bits per heavy atom. The second-order valence-electron chi connectivity index (χ2n) is 5.65. The van der Waals surface area contributed by atoms with E-state index >= 15 is 0 Å². The number of nitrogens with one attached hydrogen (secondary N) is 1. The molecule has 0 bridgehead atoms. The van der Waals surface area contributed by atoms with Gasteiger partial charge in [0.2, 0.25) is 0 Å². The van der Waals surface area contributed by atoms with Gasteiger partial charge in [-0.3, -0.25) is 9.59 Å². The highest BCUT2D eigenvalue weighted by Gasteiger charge is 2.11. The van der Waals surface area contributed by atoms with E-state index in [9.17, 15) is 9.59 Å². The number of amides is 1. The van der Waals surface area contributed by atoms with Gasteiger partial charge in [0.1, 0.15) is 0 Å². The molecule has 0 unspecified atom stereocenters. The van der Waals surface area contributed by atoms with Gasteiger partial charge in [-0.1, -0.05) is 30.3 Å². The van der Waals surface area contributed by atoms with Crippen LogP contribution >= 0.6 is 0 Å². The average molecular weight is 337 g/mol. The molecule has 1 heterocycles. The minimum Gasteiger partial charge on any atom is -0.383 e. The van der Waals surface area contributed by atoms with Gasteiger partial charge in [0.05, 0.1) is 17.7 Å². The summed E-state index contributed by atoms with van der Waals surface area (Å²) in [4.78, 5) is 24.3. The second-order valence-corrected chi connectivity index (χ2v) is 5.65. The predicted molar refractivity (Wildman–Crippen MR) is 96.6 cm³/mol. The van der Waals surface area contributed by atoms with Crippen molar-refractivity contribution in [2.24, 2.45) is 7.05 Å². The molecule has 0 radical (unpaired) electrons. The van der Waals surface area contributed by atoms with Crippen LogP contribution in [0.5, 0.6) is 0 Å². The van der Waals surface area contributed by atoms with E-state index in [0.29, 0.717) is 29.8 Å². The van der Waals surface area contributed by atoms with Gasteiger partial charge < -0.3 is 10.1 Å². The molecule has 3 aromatic rings. The number of aryl methyl sites for hydroxylation is 1. The van der Waals surface area contributed by atoms with Gasteiger partial charge in [-0.15, -0.1) is 0 Å². The lowest BCUT2D eigenvalue weighted by Crippen LogP contribution is -2.26. The predicted octanol–water partition coefficient (Wildman–Crippen LogP) is 1.98. The van der Waals surface area contributed by atoms with Gasteiger partial charge in [0, 0.05) is 37.2 Å². The van der Waals surface area contributed by atoms with Crippen molar-refractivity contribution in [3.05, 3.63) is 64.4 Å². The molecule has 2 aromatic carbocycles. The second kappa shape index (κ2) is 7.27. The van der Waals surface area contributed by atoms with Crippen molar-refractivity contribution in [1.82, 2.24) is 15.1 Å². The third kappa shape index (κ3) is 3.44. The molecule has 3 rings (SSSR count). The maximum Gasteiger partial charge on any atom is 0.274 e. The fraction of sp³-hybridized carbons (Fsp3) is 0.211. The minimum absolute atomic E-state index is 0.131. The first kappa shape index (κ1) is 16.9. The number of aromatic nitrogens is 2. The van der Waals surface area contributed by atoms with Gasteiger partial charge in [-0.05, 0) is 18.2 Å². The quantitative estimate of drug-likeness (QED) is 0.723.